The van der Waals surface area contributed by atoms with E-state index >= 15 is 0 Å². The van der Waals surface area contributed by atoms with Crippen LogP contribution in [0.25, 0.3) is 0 Å². The van der Waals surface area contributed by atoms with Crippen LogP contribution in [0.15, 0.2) is 24.3 Å². The molecule has 0 heterocycles. The van der Waals surface area contributed by atoms with E-state index in [-0.39, 0.29) is 0 Å². The zero-order chi connectivity index (χ0) is 8.81. The molecule has 1 aliphatic rings. The molecule has 1 aliphatic carbocycles. The average molecular weight is 182 g/mol. The molecule has 1 atom stereocenters. The summed E-state index contributed by atoms with van der Waals surface area (Å²) in [5, 5.41) is 0.534. The van der Waals surface area contributed by atoms with E-state index in [0.29, 0.717) is 11.2 Å². The third-order valence-corrected chi connectivity index (χ3v) is 2.93. The van der Waals surface area contributed by atoms with Crippen LogP contribution in [0.1, 0.15) is 32.6 Å². The van der Waals surface area contributed by atoms with Crippen LogP contribution in [0.2, 0.25) is 0 Å². The predicted octanol–water partition coefficient (Wildman–Crippen LogP) is 3.61. The Morgan fingerprint density at radius 2 is 1.92 bits per heavy atom. The largest absolute Gasteiger partial charge is 0.175 e. The highest BCUT2D eigenvalue weighted by Crippen LogP contribution is 2.22. The lowest BCUT2D eigenvalue weighted by Gasteiger charge is -2.14. The van der Waals surface area contributed by atoms with Crippen molar-refractivity contribution in [2.75, 3.05) is 0 Å². The number of hydrogen-bond acceptors (Lipinski definition) is 1. The van der Waals surface area contributed by atoms with Crippen LogP contribution in [0.4, 0.5) is 0 Å². The molecule has 0 N–H and O–H groups in total. The quantitative estimate of drug-likeness (QED) is 0.487. The molecule has 0 saturated carbocycles. The Labute approximate surface area is 81.2 Å². The first-order valence-corrected chi connectivity index (χ1v) is 5.39. The number of rotatable bonds is 5. The van der Waals surface area contributed by atoms with Gasteiger partial charge in [-0.15, -0.1) is 0 Å². The second kappa shape index (κ2) is 5.47. The molecule has 0 radical (unpaired) electrons. The van der Waals surface area contributed by atoms with Crippen molar-refractivity contribution in [3.63, 3.8) is 0 Å². The third-order valence-electron chi connectivity index (χ3n) is 2.33. The minimum Gasteiger partial charge on any atom is -0.175 e. The number of thiol groups is 1. The van der Waals surface area contributed by atoms with E-state index in [4.69, 9.17) is 0 Å². The van der Waals surface area contributed by atoms with Crippen molar-refractivity contribution in [2.24, 2.45) is 5.92 Å². The van der Waals surface area contributed by atoms with Crippen LogP contribution in [0.5, 0.6) is 0 Å². The Bertz CT molecular complexity index is 158. The number of hydrogen-bond donors (Lipinski definition) is 1. The van der Waals surface area contributed by atoms with Gasteiger partial charge in [-0.05, 0) is 6.42 Å². The first kappa shape index (κ1) is 9.91. The van der Waals surface area contributed by atoms with E-state index < -0.39 is 0 Å². The molecule has 0 amide bonds. The first-order chi connectivity index (χ1) is 5.84. The van der Waals surface area contributed by atoms with Gasteiger partial charge in [-0.1, -0.05) is 50.5 Å². The van der Waals surface area contributed by atoms with Crippen LogP contribution in [-0.4, -0.2) is 5.25 Å². The Hall–Kier alpha value is -0.170. The SMILES string of the molecule is CCCCCC(S)C1C=CC=C1. The molecule has 0 bridgehead atoms. The summed E-state index contributed by atoms with van der Waals surface area (Å²) in [6.45, 7) is 2.24. The van der Waals surface area contributed by atoms with Crippen LogP contribution in [0.3, 0.4) is 0 Å². The van der Waals surface area contributed by atoms with E-state index in [1.807, 2.05) is 0 Å². The van der Waals surface area contributed by atoms with Crippen molar-refractivity contribution < 1.29 is 0 Å². The van der Waals surface area contributed by atoms with E-state index in [2.05, 4.69) is 43.9 Å². The maximum absolute atomic E-state index is 4.60. The molecule has 12 heavy (non-hydrogen) atoms. The topological polar surface area (TPSA) is 0 Å². The second-order valence-electron chi connectivity index (χ2n) is 3.41. The minimum absolute atomic E-state index is 0.534. The molecule has 1 rings (SSSR count). The molecule has 0 aliphatic heterocycles. The molecule has 0 aromatic heterocycles. The standard InChI is InChI=1S/C11H18S/c1-2-3-4-9-11(12)10-7-5-6-8-10/h5-8,10-12H,2-4,9H2,1H3. The van der Waals surface area contributed by atoms with Gasteiger partial charge >= 0.3 is 0 Å². The lowest BCUT2D eigenvalue weighted by molar-refractivity contribution is 0.609. The van der Waals surface area contributed by atoms with Gasteiger partial charge in [0.05, 0.1) is 0 Å². The summed E-state index contributed by atoms with van der Waals surface area (Å²) in [6.07, 6.45) is 13.9. The molecule has 68 valence electrons. The van der Waals surface area contributed by atoms with Crippen LogP contribution < -0.4 is 0 Å². The zero-order valence-electron chi connectivity index (χ0n) is 7.74. The summed E-state index contributed by atoms with van der Waals surface area (Å²) in [5.41, 5.74) is 0. The molecular formula is C11H18S. The Morgan fingerprint density at radius 3 is 2.50 bits per heavy atom. The van der Waals surface area contributed by atoms with E-state index in [0.717, 1.165) is 0 Å². The van der Waals surface area contributed by atoms with Gasteiger partial charge in [0.1, 0.15) is 0 Å². The van der Waals surface area contributed by atoms with Gasteiger partial charge in [-0.25, -0.2) is 0 Å². The lowest BCUT2D eigenvalue weighted by atomic mass is 10.0. The van der Waals surface area contributed by atoms with Gasteiger partial charge in [0.2, 0.25) is 0 Å². The van der Waals surface area contributed by atoms with Gasteiger partial charge in [0, 0.05) is 11.2 Å². The first-order valence-electron chi connectivity index (χ1n) is 4.87. The highest BCUT2D eigenvalue weighted by Gasteiger charge is 2.13. The fraction of sp³-hybridized carbons (Fsp3) is 0.636. The van der Waals surface area contributed by atoms with Crippen molar-refractivity contribution in [2.45, 2.75) is 37.9 Å². The van der Waals surface area contributed by atoms with Crippen LogP contribution >= 0.6 is 12.6 Å². The van der Waals surface area contributed by atoms with Crippen LogP contribution in [0, 0.1) is 5.92 Å². The van der Waals surface area contributed by atoms with Crippen molar-refractivity contribution in [1.82, 2.24) is 0 Å². The molecule has 0 nitrogen and oxygen atoms in total. The summed E-state index contributed by atoms with van der Waals surface area (Å²) >= 11 is 4.60. The lowest BCUT2D eigenvalue weighted by Crippen LogP contribution is -2.08. The molecule has 0 spiro atoms. The smallest absolute Gasteiger partial charge is 0.0114 e. The number of allylic oxidation sites excluding steroid dienone is 4. The fourth-order valence-corrected chi connectivity index (χ4v) is 1.88. The van der Waals surface area contributed by atoms with Crippen molar-refractivity contribution in [1.29, 1.82) is 0 Å². The van der Waals surface area contributed by atoms with Gasteiger partial charge in [-0.3, -0.25) is 0 Å². The van der Waals surface area contributed by atoms with E-state index in [9.17, 15) is 0 Å². The molecule has 0 aromatic rings. The highest BCUT2D eigenvalue weighted by atomic mass is 32.1. The van der Waals surface area contributed by atoms with Gasteiger partial charge in [0.15, 0.2) is 0 Å². The maximum Gasteiger partial charge on any atom is 0.0114 e. The van der Waals surface area contributed by atoms with Crippen molar-refractivity contribution in [3.05, 3.63) is 24.3 Å². The fourth-order valence-electron chi connectivity index (χ4n) is 1.50. The van der Waals surface area contributed by atoms with E-state index in [1.165, 1.54) is 25.7 Å². The monoisotopic (exact) mass is 182 g/mol. The normalized spacial score (nSPS) is 18.8. The Balaban J connectivity index is 2.15. The van der Waals surface area contributed by atoms with Crippen molar-refractivity contribution >= 4 is 12.6 Å². The summed E-state index contributed by atoms with van der Waals surface area (Å²) in [7, 11) is 0. The van der Waals surface area contributed by atoms with Gasteiger partial charge in [0.25, 0.3) is 0 Å². The molecule has 1 unspecified atom stereocenters. The predicted molar refractivity (Wildman–Crippen MR) is 58.7 cm³/mol. The number of unbranched alkanes of at least 4 members (excludes halogenated alkanes) is 2. The third kappa shape index (κ3) is 3.06. The average Bonchev–Trinajstić information content (AvgIpc) is 2.56. The maximum atomic E-state index is 4.60. The summed E-state index contributed by atoms with van der Waals surface area (Å²) in [4.78, 5) is 0. The molecule has 0 fully saturated rings. The van der Waals surface area contributed by atoms with Crippen molar-refractivity contribution in [3.8, 4) is 0 Å². The Kier molecular flexibility index (Phi) is 4.52. The summed E-state index contributed by atoms with van der Waals surface area (Å²) in [5.74, 6) is 0.588. The second-order valence-corrected chi connectivity index (χ2v) is 4.07. The highest BCUT2D eigenvalue weighted by molar-refractivity contribution is 7.81. The Morgan fingerprint density at radius 1 is 1.25 bits per heavy atom. The molecule has 0 aromatic carbocycles. The van der Waals surface area contributed by atoms with E-state index in [1.54, 1.807) is 0 Å². The van der Waals surface area contributed by atoms with Crippen LogP contribution in [-0.2, 0) is 0 Å². The minimum atomic E-state index is 0.534. The zero-order valence-corrected chi connectivity index (χ0v) is 8.63. The van der Waals surface area contributed by atoms with Gasteiger partial charge in [-0.2, -0.15) is 12.6 Å². The van der Waals surface area contributed by atoms with Gasteiger partial charge < -0.3 is 0 Å². The molecule has 1 heteroatoms. The summed E-state index contributed by atoms with van der Waals surface area (Å²) in [6, 6.07) is 0. The molecular weight excluding hydrogens is 164 g/mol. The molecule has 0 saturated heterocycles. The summed E-state index contributed by atoms with van der Waals surface area (Å²) < 4.78 is 0.